The number of hydrogen-bond acceptors (Lipinski definition) is 1. The lowest BCUT2D eigenvalue weighted by Crippen LogP contribution is -2.24. The number of rotatable bonds is 2. The largest absolute Gasteiger partial charge is 0.295 e. The molecule has 0 aromatic carbocycles. The van der Waals surface area contributed by atoms with Crippen LogP contribution in [0.3, 0.4) is 0 Å². The second-order valence-corrected chi connectivity index (χ2v) is 5.06. The summed E-state index contributed by atoms with van der Waals surface area (Å²) in [6.45, 7) is 8.39. The number of ketones is 1. The predicted molar refractivity (Wildman–Crippen MR) is 55.6 cm³/mol. The molecule has 1 aliphatic carbocycles. The van der Waals surface area contributed by atoms with Crippen LogP contribution in [0.25, 0.3) is 0 Å². The highest BCUT2D eigenvalue weighted by molar-refractivity contribution is 5.92. The van der Waals surface area contributed by atoms with Crippen LogP contribution in [0.1, 0.15) is 47.0 Å². The summed E-state index contributed by atoms with van der Waals surface area (Å²) in [4.78, 5) is 11.8. The highest BCUT2D eigenvalue weighted by atomic mass is 16.1. The first-order valence-electron chi connectivity index (χ1n) is 5.12. The minimum atomic E-state index is 0.225. The lowest BCUT2D eigenvalue weighted by atomic mass is 9.79. The summed E-state index contributed by atoms with van der Waals surface area (Å²) in [5.41, 5.74) is 1.34. The molecule has 1 atom stereocenters. The highest BCUT2D eigenvalue weighted by Gasteiger charge is 2.37. The summed E-state index contributed by atoms with van der Waals surface area (Å²) in [5.74, 6) is 0.602. The SMILES string of the molecule is CC(C)=CC(=O)C1CCCC1(C)C. The predicted octanol–water partition coefficient (Wildman–Crippen LogP) is 3.35. The van der Waals surface area contributed by atoms with Crippen molar-refractivity contribution in [2.75, 3.05) is 0 Å². The van der Waals surface area contributed by atoms with Crippen molar-refractivity contribution in [2.24, 2.45) is 11.3 Å². The fraction of sp³-hybridized carbons (Fsp3) is 0.750. The van der Waals surface area contributed by atoms with Crippen LogP contribution >= 0.6 is 0 Å². The Morgan fingerprint density at radius 2 is 2.00 bits per heavy atom. The molecule has 0 aromatic rings. The summed E-state index contributed by atoms with van der Waals surface area (Å²) in [6.07, 6.45) is 5.29. The summed E-state index contributed by atoms with van der Waals surface area (Å²) in [6, 6.07) is 0. The molecule has 0 aliphatic heterocycles. The van der Waals surface area contributed by atoms with E-state index < -0.39 is 0 Å². The second kappa shape index (κ2) is 3.65. The first kappa shape index (κ1) is 10.5. The quantitative estimate of drug-likeness (QED) is 0.596. The Morgan fingerprint density at radius 3 is 2.38 bits per heavy atom. The molecule has 0 spiro atoms. The van der Waals surface area contributed by atoms with Gasteiger partial charge in [0.15, 0.2) is 5.78 Å². The molecule has 1 nitrogen and oxygen atoms in total. The van der Waals surface area contributed by atoms with Gasteiger partial charge in [0.1, 0.15) is 0 Å². The molecule has 0 amide bonds. The van der Waals surface area contributed by atoms with Crippen LogP contribution in [0.5, 0.6) is 0 Å². The fourth-order valence-electron chi connectivity index (χ4n) is 2.24. The lowest BCUT2D eigenvalue weighted by molar-refractivity contribution is -0.120. The Morgan fingerprint density at radius 1 is 1.38 bits per heavy atom. The summed E-state index contributed by atoms with van der Waals surface area (Å²) >= 11 is 0. The average Bonchev–Trinajstić information content (AvgIpc) is 2.27. The van der Waals surface area contributed by atoms with Gasteiger partial charge in [-0.2, -0.15) is 0 Å². The molecule has 0 aromatic heterocycles. The van der Waals surface area contributed by atoms with Crippen LogP contribution in [-0.4, -0.2) is 5.78 Å². The summed E-state index contributed by atoms with van der Waals surface area (Å²) in [7, 11) is 0. The normalized spacial score (nSPS) is 25.7. The van der Waals surface area contributed by atoms with E-state index in [2.05, 4.69) is 13.8 Å². The first-order valence-corrected chi connectivity index (χ1v) is 5.12. The third-order valence-corrected chi connectivity index (χ3v) is 3.03. The number of carbonyl (C=O) groups is 1. The van der Waals surface area contributed by atoms with E-state index in [1.54, 1.807) is 6.08 Å². The van der Waals surface area contributed by atoms with Crippen LogP contribution in [-0.2, 0) is 4.79 Å². The maximum absolute atomic E-state index is 11.8. The molecule has 0 heterocycles. The van der Waals surface area contributed by atoms with Crippen molar-refractivity contribution < 1.29 is 4.79 Å². The molecule has 0 bridgehead atoms. The van der Waals surface area contributed by atoms with E-state index in [9.17, 15) is 4.79 Å². The van der Waals surface area contributed by atoms with E-state index in [-0.39, 0.29) is 11.3 Å². The fourth-order valence-corrected chi connectivity index (χ4v) is 2.24. The van der Waals surface area contributed by atoms with Crippen molar-refractivity contribution in [3.63, 3.8) is 0 Å². The molecule has 74 valence electrons. The lowest BCUT2D eigenvalue weighted by Gasteiger charge is -2.24. The van der Waals surface area contributed by atoms with Gasteiger partial charge in [0.05, 0.1) is 0 Å². The molecule has 1 aliphatic rings. The third kappa shape index (κ3) is 2.43. The minimum Gasteiger partial charge on any atom is -0.295 e. The Bertz CT molecular complexity index is 232. The molecule has 1 saturated carbocycles. The number of hydrogen-bond donors (Lipinski definition) is 0. The van der Waals surface area contributed by atoms with E-state index in [0.717, 1.165) is 12.0 Å². The van der Waals surface area contributed by atoms with Crippen LogP contribution in [0.4, 0.5) is 0 Å². The van der Waals surface area contributed by atoms with Gasteiger partial charge in [-0.3, -0.25) is 4.79 Å². The van der Waals surface area contributed by atoms with Gasteiger partial charge in [0.2, 0.25) is 0 Å². The second-order valence-electron chi connectivity index (χ2n) is 5.06. The van der Waals surface area contributed by atoms with Gasteiger partial charge < -0.3 is 0 Å². The van der Waals surface area contributed by atoms with Crippen molar-refractivity contribution in [2.45, 2.75) is 47.0 Å². The average molecular weight is 180 g/mol. The Hall–Kier alpha value is -0.590. The molecule has 1 unspecified atom stereocenters. The van der Waals surface area contributed by atoms with Crippen LogP contribution in [0, 0.1) is 11.3 Å². The maximum Gasteiger partial charge on any atom is 0.159 e. The van der Waals surface area contributed by atoms with E-state index in [1.165, 1.54) is 12.8 Å². The van der Waals surface area contributed by atoms with Crippen molar-refractivity contribution >= 4 is 5.78 Å². The topological polar surface area (TPSA) is 17.1 Å². The van der Waals surface area contributed by atoms with Gasteiger partial charge in [0.25, 0.3) is 0 Å². The van der Waals surface area contributed by atoms with Crippen molar-refractivity contribution in [1.82, 2.24) is 0 Å². The zero-order valence-corrected chi connectivity index (χ0v) is 9.18. The minimum absolute atomic E-state index is 0.225. The smallest absolute Gasteiger partial charge is 0.159 e. The number of allylic oxidation sites excluding steroid dienone is 2. The molecular formula is C12H20O. The van der Waals surface area contributed by atoms with Crippen LogP contribution in [0.2, 0.25) is 0 Å². The zero-order chi connectivity index (χ0) is 10.1. The van der Waals surface area contributed by atoms with Gasteiger partial charge in [0, 0.05) is 5.92 Å². The molecule has 0 N–H and O–H groups in total. The van der Waals surface area contributed by atoms with Gasteiger partial charge in [-0.25, -0.2) is 0 Å². The van der Waals surface area contributed by atoms with Gasteiger partial charge >= 0.3 is 0 Å². The van der Waals surface area contributed by atoms with Crippen molar-refractivity contribution in [3.8, 4) is 0 Å². The third-order valence-electron chi connectivity index (χ3n) is 3.03. The van der Waals surface area contributed by atoms with Gasteiger partial charge in [-0.15, -0.1) is 0 Å². The Kier molecular flexibility index (Phi) is 2.94. The molecule has 13 heavy (non-hydrogen) atoms. The molecule has 0 radical (unpaired) electrons. The number of carbonyl (C=O) groups excluding carboxylic acids is 1. The Balaban J connectivity index is 2.73. The van der Waals surface area contributed by atoms with Crippen LogP contribution < -0.4 is 0 Å². The first-order chi connectivity index (χ1) is 5.93. The van der Waals surface area contributed by atoms with Crippen LogP contribution in [0.15, 0.2) is 11.6 Å². The van der Waals surface area contributed by atoms with E-state index >= 15 is 0 Å². The molecule has 1 fully saturated rings. The maximum atomic E-state index is 11.8. The van der Waals surface area contributed by atoms with Crippen molar-refractivity contribution in [3.05, 3.63) is 11.6 Å². The van der Waals surface area contributed by atoms with E-state index in [0.29, 0.717) is 5.78 Å². The van der Waals surface area contributed by atoms with Gasteiger partial charge in [-0.05, 0) is 38.2 Å². The zero-order valence-electron chi connectivity index (χ0n) is 9.18. The van der Waals surface area contributed by atoms with E-state index in [1.807, 2.05) is 13.8 Å². The van der Waals surface area contributed by atoms with Crippen molar-refractivity contribution in [1.29, 1.82) is 0 Å². The molecular weight excluding hydrogens is 160 g/mol. The monoisotopic (exact) mass is 180 g/mol. The highest BCUT2D eigenvalue weighted by Crippen LogP contribution is 2.43. The van der Waals surface area contributed by atoms with E-state index in [4.69, 9.17) is 0 Å². The standard InChI is InChI=1S/C12H20O/c1-9(2)8-11(13)10-6-5-7-12(10,3)4/h8,10H,5-7H2,1-4H3. The molecule has 1 heteroatoms. The van der Waals surface area contributed by atoms with Gasteiger partial charge in [-0.1, -0.05) is 25.8 Å². The molecule has 1 rings (SSSR count). The summed E-state index contributed by atoms with van der Waals surface area (Å²) in [5, 5.41) is 0. The summed E-state index contributed by atoms with van der Waals surface area (Å²) < 4.78 is 0. The Labute approximate surface area is 81.2 Å². The molecule has 0 saturated heterocycles.